The average molecular weight is 939 g/mol. The Labute approximate surface area is 420 Å². The van der Waals surface area contributed by atoms with Crippen LogP contribution in [0.1, 0.15) is 328 Å². The van der Waals surface area contributed by atoms with E-state index in [1.807, 2.05) is 6.08 Å². The summed E-state index contributed by atoms with van der Waals surface area (Å²) in [5.74, 6) is -0.0755. The molecule has 0 aliphatic rings. The van der Waals surface area contributed by atoms with Gasteiger partial charge < -0.3 is 15.5 Å². The number of rotatable bonds is 56. The van der Waals surface area contributed by atoms with Crippen molar-refractivity contribution in [1.82, 2.24) is 5.32 Å². The van der Waals surface area contributed by atoms with Gasteiger partial charge in [-0.15, -0.1) is 0 Å². The molecule has 67 heavy (non-hydrogen) atoms. The van der Waals surface area contributed by atoms with Crippen LogP contribution in [0.5, 0.6) is 0 Å². The highest BCUT2D eigenvalue weighted by atomic mass is 16.3. The largest absolute Gasteiger partial charge is 0.394 e. The molecule has 0 bridgehead atoms. The zero-order chi connectivity index (χ0) is 48.5. The highest BCUT2D eigenvalue weighted by Gasteiger charge is 2.18. The molecular weight excluding hydrogens is 819 g/mol. The van der Waals surface area contributed by atoms with E-state index in [0.717, 1.165) is 38.5 Å². The molecule has 0 heterocycles. The van der Waals surface area contributed by atoms with Gasteiger partial charge in [0.05, 0.1) is 18.8 Å². The summed E-state index contributed by atoms with van der Waals surface area (Å²) in [6.45, 7) is 4.33. The number of nitrogens with one attached hydrogen (secondary N) is 1. The van der Waals surface area contributed by atoms with Crippen molar-refractivity contribution in [2.24, 2.45) is 0 Å². The summed E-state index contributed by atoms with van der Waals surface area (Å²) < 4.78 is 0. The standard InChI is InChI=1S/C63H119NO3/c1-3-5-7-9-11-13-15-17-19-21-23-25-27-28-29-30-31-32-33-34-35-37-38-40-42-44-46-48-50-52-54-56-58-62(66)61(60-65)64-63(67)59-57-55-53-51-49-47-45-43-41-39-36-26-24-22-20-18-16-14-12-10-8-6-4-2/h22,24,40,42,48,50,56,58,61-62,65-66H,3-21,23,25-39,41,43-47,49,51-55,57,59-60H2,1-2H3,(H,64,67)/b24-22-,42-40+,50-48+,58-56+. The van der Waals surface area contributed by atoms with E-state index in [4.69, 9.17) is 0 Å². The van der Waals surface area contributed by atoms with E-state index in [1.165, 1.54) is 270 Å². The topological polar surface area (TPSA) is 69.6 Å². The summed E-state index contributed by atoms with van der Waals surface area (Å²) in [5.41, 5.74) is 0. The molecule has 0 saturated carbocycles. The first-order chi connectivity index (χ1) is 33.2. The van der Waals surface area contributed by atoms with Gasteiger partial charge in [-0.2, -0.15) is 0 Å². The number of carbonyl (C=O) groups excluding carboxylic acids is 1. The van der Waals surface area contributed by atoms with Crippen molar-refractivity contribution in [2.45, 2.75) is 341 Å². The third-order valence-electron chi connectivity index (χ3n) is 14.0. The van der Waals surface area contributed by atoms with Crippen LogP contribution in [0.2, 0.25) is 0 Å². The molecule has 0 fully saturated rings. The second-order valence-electron chi connectivity index (χ2n) is 20.7. The predicted molar refractivity (Wildman–Crippen MR) is 299 cm³/mol. The quantitative estimate of drug-likeness (QED) is 0.0420. The Balaban J connectivity index is 3.52. The van der Waals surface area contributed by atoms with Gasteiger partial charge in [-0.25, -0.2) is 0 Å². The van der Waals surface area contributed by atoms with Crippen LogP contribution >= 0.6 is 0 Å². The molecule has 394 valence electrons. The monoisotopic (exact) mass is 938 g/mol. The number of carbonyl (C=O) groups is 1. The fourth-order valence-electron chi connectivity index (χ4n) is 9.39. The maximum Gasteiger partial charge on any atom is 0.220 e. The Bertz CT molecular complexity index is 1060. The van der Waals surface area contributed by atoms with Crippen molar-refractivity contribution >= 4 is 5.91 Å². The number of allylic oxidation sites excluding steroid dienone is 7. The number of aliphatic hydroxyl groups is 2. The van der Waals surface area contributed by atoms with Crippen LogP contribution in [0, 0.1) is 0 Å². The molecule has 0 aromatic rings. The molecule has 4 heteroatoms. The van der Waals surface area contributed by atoms with E-state index in [9.17, 15) is 15.0 Å². The Morgan fingerprint density at radius 2 is 0.582 bits per heavy atom. The SMILES string of the molecule is CCCCCCCCCC/C=C\CCCCCCCCCCCCCC(=O)NC(CO)C(O)/C=C/CC/C=C/CC/C=C/CCCCCCCCCCCCCCCCCCCCCCCC. The molecule has 1 amide bonds. The zero-order valence-electron chi connectivity index (χ0n) is 45.4. The first-order valence-corrected chi connectivity index (χ1v) is 30.4. The van der Waals surface area contributed by atoms with Crippen LogP contribution in [-0.2, 0) is 4.79 Å². The second-order valence-corrected chi connectivity index (χ2v) is 20.7. The number of aliphatic hydroxyl groups excluding tert-OH is 2. The van der Waals surface area contributed by atoms with Crippen molar-refractivity contribution in [3.8, 4) is 0 Å². The molecule has 0 aliphatic heterocycles. The predicted octanol–water partition coefficient (Wildman–Crippen LogP) is 20.2. The van der Waals surface area contributed by atoms with Gasteiger partial charge in [0.1, 0.15) is 0 Å². The van der Waals surface area contributed by atoms with Crippen LogP contribution in [0.4, 0.5) is 0 Å². The van der Waals surface area contributed by atoms with Gasteiger partial charge in [0.15, 0.2) is 0 Å². The van der Waals surface area contributed by atoms with Crippen molar-refractivity contribution in [2.75, 3.05) is 6.61 Å². The number of hydrogen-bond acceptors (Lipinski definition) is 3. The molecule has 0 spiro atoms. The van der Waals surface area contributed by atoms with Crippen LogP contribution in [-0.4, -0.2) is 34.9 Å². The van der Waals surface area contributed by atoms with Crippen LogP contribution in [0.25, 0.3) is 0 Å². The summed E-state index contributed by atoms with van der Waals surface area (Å²) >= 11 is 0. The summed E-state index contributed by atoms with van der Waals surface area (Å²) in [6, 6.07) is -0.648. The lowest BCUT2D eigenvalue weighted by atomic mass is 10.0. The Morgan fingerprint density at radius 3 is 0.866 bits per heavy atom. The first-order valence-electron chi connectivity index (χ1n) is 30.4. The number of amides is 1. The smallest absolute Gasteiger partial charge is 0.220 e. The summed E-state index contributed by atoms with van der Waals surface area (Å²) in [6.07, 6.45) is 81.6. The maximum absolute atomic E-state index is 12.5. The van der Waals surface area contributed by atoms with Crippen LogP contribution in [0.15, 0.2) is 48.6 Å². The average Bonchev–Trinajstić information content (AvgIpc) is 3.33. The normalized spacial score (nSPS) is 13.1. The fraction of sp³-hybridized carbons (Fsp3) is 0.857. The van der Waals surface area contributed by atoms with E-state index in [0.29, 0.717) is 6.42 Å². The minimum Gasteiger partial charge on any atom is -0.394 e. The van der Waals surface area contributed by atoms with Crippen molar-refractivity contribution in [1.29, 1.82) is 0 Å². The Kier molecular flexibility index (Phi) is 57.2. The van der Waals surface area contributed by atoms with Gasteiger partial charge in [-0.1, -0.05) is 300 Å². The minimum atomic E-state index is -0.872. The molecular formula is C63H119NO3. The van der Waals surface area contributed by atoms with E-state index in [-0.39, 0.29) is 12.5 Å². The first kappa shape index (κ1) is 65.3. The molecule has 0 rings (SSSR count). The third kappa shape index (κ3) is 55.2. The van der Waals surface area contributed by atoms with E-state index >= 15 is 0 Å². The summed E-state index contributed by atoms with van der Waals surface area (Å²) in [7, 11) is 0. The molecule has 0 aliphatic carbocycles. The van der Waals surface area contributed by atoms with Gasteiger partial charge in [0.2, 0.25) is 5.91 Å². The van der Waals surface area contributed by atoms with Crippen LogP contribution < -0.4 is 5.32 Å². The highest BCUT2D eigenvalue weighted by molar-refractivity contribution is 5.76. The summed E-state index contributed by atoms with van der Waals surface area (Å²) in [5, 5.41) is 23.2. The van der Waals surface area contributed by atoms with Gasteiger partial charge in [0, 0.05) is 6.42 Å². The van der Waals surface area contributed by atoms with Gasteiger partial charge in [0.25, 0.3) is 0 Å². The Morgan fingerprint density at radius 1 is 0.343 bits per heavy atom. The van der Waals surface area contributed by atoms with Crippen molar-refractivity contribution in [3.05, 3.63) is 48.6 Å². The molecule has 4 nitrogen and oxygen atoms in total. The molecule has 3 N–H and O–H groups in total. The summed E-state index contributed by atoms with van der Waals surface area (Å²) in [4.78, 5) is 12.5. The third-order valence-corrected chi connectivity index (χ3v) is 14.0. The highest BCUT2D eigenvalue weighted by Crippen LogP contribution is 2.17. The van der Waals surface area contributed by atoms with Crippen molar-refractivity contribution < 1.29 is 15.0 Å². The Hall–Kier alpha value is -1.65. The van der Waals surface area contributed by atoms with Gasteiger partial charge >= 0.3 is 0 Å². The lowest BCUT2D eigenvalue weighted by Gasteiger charge is -2.19. The molecule has 2 unspecified atom stereocenters. The van der Waals surface area contributed by atoms with Gasteiger partial charge in [-0.05, 0) is 70.6 Å². The second kappa shape index (κ2) is 58.7. The molecule has 0 aromatic carbocycles. The van der Waals surface area contributed by atoms with E-state index in [2.05, 4.69) is 55.6 Å². The lowest BCUT2D eigenvalue weighted by Crippen LogP contribution is -2.45. The minimum absolute atomic E-state index is 0.0755. The number of hydrogen-bond donors (Lipinski definition) is 3. The molecule has 2 atom stereocenters. The fourth-order valence-corrected chi connectivity index (χ4v) is 9.39. The van der Waals surface area contributed by atoms with Crippen molar-refractivity contribution in [3.63, 3.8) is 0 Å². The van der Waals surface area contributed by atoms with Crippen LogP contribution in [0.3, 0.4) is 0 Å². The zero-order valence-corrected chi connectivity index (χ0v) is 45.4. The molecule has 0 radical (unpaired) electrons. The van der Waals surface area contributed by atoms with E-state index in [1.54, 1.807) is 6.08 Å². The van der Waals surface area contributed by atoms with Gasteiger partial charge in [-0.3, -0.25) is 4.79 Å². The number of unbranched alkanes of at least 4 members (excludes halogenated alkanes) is 43. The lowest BCUT2D eigenvalue weighted by molar-refractivity contribution is -0.123. The molecule has 0 saturated heterocycles. The molecule has 0 aromatic heterocycles. The maximum atomic E-state index is 12.5. The van der Waals surface area contributed by atoms with E-state index < -0.39 is 12.1 Å².